The van der Waals surface area contributed by atoms with Crippen molar-refractivity contribution in [3.8, 4) is 0 Å². The first-order valence-corrected chi connectivity index (χ1v) is 6.97. The number of ketones is 1. The number of cyclic esters (lactones) is 1. The standard InChI is InChI=1S/C13H11F6NO6/c1-4(21)7-5(3-6(22)25-2)8-10(24)26-11(12(14,15)16,13(17,18)19)20(8)9(7)23/h5,7-8H,3H2,1-2H3. The van der Waals surface area contributed by atoms with E-state index in [1.54, 1.807) is 0 Å². The van der Waals surface area contributed by atoms with Gasteiger partial charge in [0, 0.05) is 5.92 Å². The van der Waals surface area contributed by atoms with Crippen molar-refractivity contribution in [3.05, 3.63) is 0 Å². The molecular formula is C13H11F6NO6. The average molecular weight is 391 g/mol. The van der Waals surface area contributed by atoms with E-state index in [1.807, 2.05) is 0 Å². The lowest BCUT2D eigenvalue weighted by molar-refractivity contribution is -0.394. The Labute approximate surface area is 141 Å². The molecule has 0 aromatic carbocycles. The van der Waals surface area contributed by atoms with Gasteiger partial charge < -0.3 is 9.47 Å². The first-order valence-electron chi connectivity index (χ1n) is 6.97. The summed E-state index contributed by atoms with van der Waals surface area (Å²) in [5.74, 6) is -9.95. The summed E-state index contributed by atoms with van der Waals surface area (Å²) in [6, 6.07) is -2.40. The number of Topliss-reactive ketones (excluding diaryl/α,β-unsaturated/α-hetero) is 1. The molecule has 13 heteroatoms. The molecule has 2 rings (SSSR count). The number of carbonyl (C=O) groups excluding carboxylic acids is 4. The molecule has 0 aromatic rings. The highest BCUT2D eigenvalue weighted by Crippen LogP contribution is 2.56. The zero-order valence-corrected chi connectivity index (χ0v) is 13.1. The first kappa shape index (κ1) is 20.0. The van der Waals surface area contributed by atoms with E-state index in [-0.39, 0.29) is 0 Å². The van der Waals surface area contributed by atoms with Crippen LogP contribution in [-0.2, 0) is 28.7 Å². The van der Waals surface area contributed by atoms with E-state index in [4.69, 9.17) is 0 Å². The van der Waals surface area contributed by atoms with Gasteiger partial charge in [0.05, 0.1) is 13.5 Å². The van der Waals surface area contributed by atoms with Crippen molar-refractivity contribution in [2.75, 3.05) is 7.11 Å². The van der Waals surface area contributed by atoms with Crippen molar-refractivity contribution in [2.45, 2.75) is 37.5 Å². The van der Waals surface area contributed by atoms with Crippen LogP contribution in [-0.4, -0.2) is 59.8 Å². The molecule has 26 heavy (non-hydrogen) atoms. The zero-order valence-electron chi connectivity index (χ0n) is 13.1. The van der Waals surface area contributed by atoms with Gasteiger partial charge in [0.15, 0.2) is 0 Å². The number of esters is 2. The molecule has 0 aromatic heterocycles. The van der Waals surface area contributed by atoms with E-state index in [9.17, 15) is 45.5 Å². The minimum Gasteiger partial charge on any atom is -0.469 e. The predicted molar refractivity (Wildman–Crippen MR) is 65.9 cm³/mol. The van der Waals surface area contributed by atoms with Crippen LogP contribution >= 0.6 is 0 Å². The molecule has 0 spiro atoms. The maximum absolute atomic E-state index is 13.3. The number of alkyl halides is 6. The fourth-order valence-corrected chi connectivity index (χ4v) is 3.26. The molecule has 2 aliphatic rings. The molecule has 3 atom stereocenters. The fourth-order valence-electron chi connectivity index (χ4n) is 3.26. The molecule has 0 N–H and O–H groups in total. The van der Waals surface area contributed by atoms with Gasteiger partial charge in [-0.25, -0.2) is 4.79 Å². The number of hydrogen-bond acceptors (Lipinski definition) is 6. The number of carbonyl (C=O) groups is 4. The second kappa shape index (κ2) is 5.84. The number of hydrogen-bond donors (Lipinski definition) is 0. The van der Waals surface area contributed by atoms with Crippen molar-refractivity contribution >= 4 is 23.6 Å². The van der Waals surface area contributed by atoms with Gasteiger partial charge in [-0.3, -0.25) is 19.3 Å². The number of rotatable bonds is 3. The third-order valence-electron chi connectivity index (χ3n) is 4.28. The molecule has 2 aliphatic heterocycles. The van der Waals surface area contributed by atoms with E-state index >= 15 is 0 Å². The predicted octanol–water partition coefficient (Wildman–Crippen LogP) is 0.959. The van der Waals surface area contributed by atoms with E-state index in [0.717, 1.165) is 14.0 Å². The Morgan fingerprint density at radius 2 is 1.65 bits per heavy atom. The zero-order chi connectivity index (χ0) is 20.2. The Bertz CT molecular complexity index is 657. The number of halogens is 6. The van der Waals surface area contributed by atoms with Crippen LogP contribution in [0, 0.1) is 11.8 Å². The Balaban J connectivity index is 2.67. The van der Waals surface area contributed by atoms with E-state index in [1.165, 1.54) is 0 Å². The van der Waals surface area contributed by atoms with Gasteiger partial charge in [0.25, 0.3) is 0 Å². The lowest BCUT2D eigenvalue weighted by Crippen LogP contribution is -2.67. The number of ether oxygens (including phenoxy) is 2. The van der Waals surface area contributed by atoms with E-state index < -0.39 is 70.9 Å². The summed E-state index contributed by atoms with van der Waals surface area (Å²) in [7, 11) is 0.877. The molecule has 2 fully saturated rings. The lowest BCUT2D eigenvalue weighted by Gasteiger charge is -2.37. The van der Waals surface area contributed by atoms with Crippen LogP contribution in [0.5, 0.6) is 0 Å². The Hall–Kier alpha value is -2.34. The highest BCUT2D eigenvalue weighted by molar-refractivity contribution is 6.07. The molecule has 7 nitrogen and oxygen atoms in total. The van der Waals surface area contributed by atoms with E-state index in [2.05, 4.69) is 9.47 Å². The molecule has 0 saturated carbocycles. The summed E-state index contributed by atoms with van der Waals surface area (Å²) in [5, 5.41) is 0. The van der Waals surface area contributed by atoms with Crippen LogP contribution in [0.3, 0.4) is 0 Å². The van der Waals surface area contributed by atoms with Gasteiger partial charge in [-0.1, -0.05) is 0 Å². The van der Waals surface area contributed by atoms with Crippen LogP contribution in [0.4, 0.5) is 26.3 Å². The van der Waals surface area contributed by atoms with E-state index in [0.29, 0.717) is 0 Å². The second-order valence-corrected chi connectivity index (χ2v) is 5.75. The highest BCUT2D eigenvalue weighted by atomic mass is 19.4. The molecule has 0 radical (unpaired) electrons. The summed E-state index contributed by atoms with van der Waals surface area (Å²) in [6.07, 6.45) is -13.4. The average Bonchev–Trinajstić information content (AvgIpc) is 2.93. The van der Waals surface area contributed by atoms with Gasteiger partial charge in [-0.2, -0.15) is 26.3 Å². The quantitative estimate of drug-likeness (QED) is 0.405. The summed E-state index contributed by atoms with van der Waals surface area (Å²) in [6.45, 7) is 0.753. The van der Waals surface area contributed by atoms with Crippen LogP contribution < -0.4 is 0 Å². The lowest BCUT2D eigenvalue weighted by atomic mass is 9.85. The number of nitrogens with zero attached hydrogens (tertiary/aromatic N) is 1. The minimum atomic E-state index is -6.23. The molecule has 0 bridgehead atoms. The largest absolute Gasteiger partial charge is 0.469 e. The third-order valence-corrected chi connectivity index (χ3v) is 4.28. The molecule has 2 saturated heterocycles. The first-order chi connectivity index (χ1) is 11.7. The van der Waals surface area contributed by atoms with Gasteiger partial charge in [-0.15, -0.1) is 0 Å². The summed E-state index contributed by atoms with van der Waals surface area (Å²) in [5.41, 5.74) is -5.22. The molecule has 1 amide bonds. The SMILES string of the molecule is COC(=O)CC1C(C(C)=O)C(=O)N2C1C(=O)OC2(C(F)(F)F)C(F)(F)F. The van der Waals surface area contributed by atoms with Crippen molar-refractivity contribution in [1.29, 1.82) is 0 Å². The van der Waals surface area contributed by atoms with Crippen LogP contribution in [0.25, 0.3) is 0 Å². The minimum absolute atomic E-state index is 0.753. The molecule has 146 valence electrons. The Morgan fingerprint density at radius 1 is 1.15 bits per heavy atom. The summed E-state index contributed by atoms with van der Waals surface area (Å²) < 4.78 is 87.8. The smallest absolute Gasteiger partial charge is 0.458 e. The number of fused-ring (bicyclic) bond motifs is 1. The van der Waals surface area contributed by atoms with Crippen LogP contribution in [0.2, 0.25) is 0 Å². The highest BCUT2D eigenvalue weighted by Gasteiger charge is 2.85. The van der Waals surface area contributed by atoms with Crippen molar-refractivity contribution < 1.29 is 55.0 Å². The van der Waals surface area contributed by atoms with Gasteiger partial charge in [-0.05, 0) is 6.92 Å². The van der Waals surface area contributed by atoms with Crippen LogP contribution in [0.15, 0.2) is 0 Å². The Kier molecular flexibility index (Phi) is 4.49. The van der Waals surface area contributed by atoms with Crippen molar-refractivity contribution in [1.82, 2.24) is 4.90 Å². The third kappa shape index (κ3) is 2.51. The molecule has 3 unspecified atom stereocenters. The summed E-state index contributed by atoms with van der Waals surface area (Å²) in [4.78, 5) is 46.5. The number of amides is 1. The molecule has 0 aliphatic carbocycles. The maximum Gasteiger partial charge on any atom is 0.458 e. The normalized spacial score (nSPS) is 28.0. The second-order valence-electron chi connectivity index (χ2n) is 5.75. The van der Waals surface area contributed by atoms with Crippen molar-refractivity contribution in [2.24, 2.45) is 11.8 Å². The monoisotopic (exact) mass is 391 g/mol. The van der Waals surface area contributed by atoms with Crippen molar-refractivity contribution in [3.63, 3.8) is 0 Å². The number of methoxy groups -OCH3 is 1. The fraction of sp³-hybridized carbons (Fsp3) is 0.692. The van der Waals surface area contributed by atoms with Gasteiger partial charge in [0.1, 0.15) is 17.7 Å². The topological polar surface area (TPSA) is 90.0 Å². The van der Waals surface area contributed by atoms with Gasteiger partial charge in [0.2, 0.25) is 5.91 Å². The maximum atomic E-state index is 13.3. The molecule has 2 heterocycles. The summed E-state index contributed by atoms with van der Waals surface area (Å²) >= 11 is 0. The van der Waals surface area contributed by atoms with Crippen LogP contribution in [0.1, 0.15) is 13.3 Å². The molecular weight excluding hydrogens is 380 g/mol. The van der Waals surface area contributed by atoms with Gasteiger partial charge >= 0.3 is 30.0 Å². The Morgan fingerprint density at radius 3 is 2.04 bits per heavy atom.